The van der Waals surface area contributed by atoms with Crippen LogP contribution in [-0.4, -0.2) is 37.2 Å². The lowest BCUT2D eigenvalue weighted by Crippen LogP contribution is -2.44. The van der Waals surface area contributed by atoms with Crippen LogP contribution < -0.4 is 10.1 Å². The highest BCUT2D eigenvalue weighted by atomic mass is 32.1. The van der Waals surface area contributed by atoms with Gasteiger partial charge < -0.3 is 19.7 Å². The highest BCUT2D eigenvalue weighted by Gasteiger charge is 2.26. The minimum atomic E-state index is -0.106. The summed E-state index contributed by atoms with van der Waals surface area (Å²) in [6.07, 6.45) is 2.44. The van der Waals surface area contributed by atoms with Gasteiger partial charge in [-0.05, 0) is 53.3 Å². The van der Waals surface area contributed by atoms with Crippen LogP contribution in [0.4, 0.5) is 10.5 Å². The summed E-state index contributed by atoms with van der Waals surface area (Å²) >= 11 is 1.64. The zero-order valence-electron chi connectivity index (χ0n) is 14.0. The predicted octanol–water partition coefficient (Wildman–Crippen LogP) is 4.14. The molecule has 6 heteroatoms. The van der Waals surface area contributed by atoms with E-state index < -0.39 is 0 Å². The number of nitrogens with one attached hydrogen (secondary N) is 1. The van der Waals surface area contributed by atoms with Gasteiger partial charge in [0.1, 0.15) is 11.9 Å². The third kappa shape index (κ3) is 4.14. The summed E-state index contributed by atoms with van der Waals surface area (Å²) in [6, 6.07) is 9.58. The predicted molar refractivity (Wildman–Crippen MR) is 98.3 cm³/mol. The van der Waals surface area contributed by atoms with Crippen LogP contribution in [0.3, 0.4) is 0 Å². The van der Waals surface area contributed by atoms with Gasteiger partial charge in [-0.3, -0.25) is 0 Å². The van der Waals surface area contributed by atoms with Crippen LogP contribution in [0, 0.1) is 5.92 Å². The number of carbonyl (C=O) groups is 1. The van der Waals surface area contributed by atoms with Crippen LogP contribution in [-0.2, 0) is 4.74 Å². The molecule has 2 fully saturated rings. The number of amides is 2. The molecular formula is C19H22N2O3S. The molecule has 1 atom stereocenters. The van der Waals surface area contributed by atoms with E-state index in [1.807, 2.05) is 34.5 Å². The van der Waals surface area contributed by atoms with E-state index in [0.717, 1.165) is 23.6 Å². The third-order valence-corrected chi connectivity index (χ3v) is 5.27. The van der Waals surface area contributed by atoms with E-state index in [1.54, 1.807) is 11.3 Å². The van der Waals surface area contributed by atoms with Gasteiger partial charge in [-0.2, -0.15) is 11.3 Å². The van der Waals surface area contributed by atoms with Crippen molar-refractivity contribution in [1.29, 1.82) is 0 Å². The van der Waals surface area contributed by atoms with Crippen LogP contribution in [0.25, 0.3) is 0 Å². The Labute approximate surface area is 151 Å². The van der Waals surface area contributed by atoms with E-state index in [2.05, 4.69) is 16.8 Å². The number of ether oxygens (including phenoxy) is 2. The summed E-state index contributed by atoms with van der Waals surface area (Å²) in [6.45, 7) is 2.43. The van der Waals surface area contributed by atoms with Crippen molar-refractivity contribution in [2.45, 2.75) is 18.9 Å². The number of para-hydroxylation sites is 2. The molecule has 132 valence electrons. The lowest BCUT2D eigenvalue weighted by atomic mass is 10.1. The summed E-state index contributed by atoms with van der Waals surface area (Å²) in [5, 5.41) is 7.11. The molecule has 1 aromatic carbocycles. The summed E-state index contributed by atoms with van der Waals surface area (Å²) in [4.78, 5) is 14.5. The number of thiophene rings is 1. The monoisotopic (exact) mass is 358 g/mol. The molecular weight excluding hydrogens is 336 g/mol. The minimum absolute atomic E-state index is 0.0490. The second-order valence-electron chi connectivity index (χ2n) is 6.54. The first kappa shape index (κ1) is 16.4. The molecule has 0 spiro atoms. The van der Waals surface area contributed by atoms with Crippen molar-refractivity contribution in [3.8, 4) is 5.75 Å². The molecule has 1 aromatic heterocycles. The number of carbonyl (C=O) groups excluding carboxylic acids is 1. The average Bonchev–Trinajstić information content (AvgIpc) is 3.31. The largest absolute Gasteiger partial charge is 0.491 e. The molecule has 2 aromatic rings. The van der Waals surface area contributed by atoms with Gasteiger partial charge in [-0.25, -0.2) is 4.79 Å². The molecule has 2 amide bonds. The number of hydrogen-bond donors (Lipinski definition) is 1. The lowest BCUT2D eigenvalue weighted by molar-refractivity contribution is -0.0132. The van der Waals surface area contributed by atoms with Crippen LogP contribution in [0.2, 0.25) is 0 Å². The van der Waals surface area contributed by atoms with Crippen LogP contribution in [0.1, 0.15) is 24.5 Å². The van der Waals surface area contributed by atoms with Crippen molar-refractivity contribution in [3.05, 3.63) is 46.7 Å². The molecule has 4 rings (SSSR count). The Morgan fingerprint density at radius 2 is 2.20 bits per heavy atom. The van der Waals surface area contributed by atoms with Crippen LogP contribution in [0.5, 0.6) is 5.75 Å². The normalized spacial score (nSPS) is 20.3. The van der Waals surface area contributed by atoms with Gasteiger partial charge in [-0.15, -0.1) is 0 Å². The topological polar surface area (TPSA) is 50.8 Å². The number of rotatable bonds is 5. The number of urea groups is 1. The first-order chi connectivity index (χ1) is 12.3. The molecule has 25 heavy (non-hydrogen) atoms. The minimum Gasteiger partial charge on any atom is -0.491 e. The number of hydrogen-bond acceptors (Lipinski definition) is 4. The summed E-state index contributed by atoms with van der Waals surface area (Å²) in [5.41, 5.74) is 1.86. The molecule has 1 saturated heterocycles. The van der Waals surface area contributed by atoms with Crippen molar-refractivity contribution < 1.29 is 14.3 Å². The first-order valence-electron chi connectivity index (χ1n) is 8.71. The Kier molecular flexibility index (Phi) is 4.90. The van der Waals surface area contributed by atoms with E-state index in [1.165, 1.54) is 12.8 Å². The fourth-order valence-electron chi connectivity index (χ4n) is 2.88. The zero-order valence-corrected chi connectivity index (χ0v) is 14.8. The maximum atomic E-state index is 12.7. The van der Waals surface area contributed by atoms with Crippen LogP contribution >= 0.6 is 11.3 Å². The van der Waals surface area contributed by atoms with E-state index in [0.29, 0.717) is 25.6 Å². The summed E-state index contributed by atoms with van der Waals surface area (Å²) < 4.78 is 11.7. The second-order valence-corrected chi connectivity index (χ2v) is 7.32. The smallest absolute Gasteiger partial charge is 0.322 e. The Morgan fingerprint density at radius 3 is 3.00 bits per heavy atom. The van der Waals surface area contributed by atoms with Gasteiger partial charge in [0.15, 0.2) is 0 Å². The number of morpholine rings is 1. The van der Waals surface area contributed by atoms with Gasteiger partial charge >= 0.3 is 6.03 Å². The molecule has 5 nitrogen and oxygen atoms in total. The standard InChI is InChI=1S/C19H22N2O3S/c22-19(21-8-9-23-18(11-21)15-7-10-25-13-15)20-16-3-1-2-4-17(16)24-12-14-5-6-14/h1-4,7,10,13-14,18H,5-6,8-9,11-12H2,(H,20,22). The Morgan fingerprint density at radius 1 is 1.32 bits per heavy atom. The average molecular weight is 358 g/mol. The SMILES string of the molecule is O=C(Nc1ccccc1OCC1CC1)N1CCOC(c2ccsc2)C1. The summed E-state index contributed by atoms with van der Waals surface area (Å²) in [7, 11) is 0. The van der Waals surface area contributed by atoms with E-state index >= 15 is 0 Å². The highest BCUT2D eigenvalue weighted by Crippen LogP contribution is 2.32. The zero-order chi connectivity index (χ0) is 17.1. The maximum absolute atomic E-state index is 12.7. The van der Waals surface area contributed by atoms with Gasteiger partial charge in [-0.1, -0.05) is 12.1 Å². The van der Waals surface area contributed by atoms with Crippen molar-refractivity contribution >= 4 is 23.1 Å². The molecule has 2 heterocycles. The number of anilines is 1. The third-order valence-electron chi connectivity index (χ3n) is 4.57. The molecule has 1 saturated carbocycles. The number of benzene rings is 1. The van der Waals surface area contributed by atoms with Crippen LogP contribution in [0.15, 0.2) is 41.1 Å². The molecule has 1 aliphatic heterocycles. The first-order valence-corrected chi connectivity index (χ1v) is 9.65. The quantitative estimate of drug-likeness (QED) is 0.874. The van der Waals surface area contributed by atoms with Crippen molar-refractivity contribution in [1.82, 2.24) is 4.90 Å². The molecule has 0 radical (unpaired) electrons. The highest BCUT2D eigenvalue weighted by molar-refractivity contribution is 7.07. The second kappa shape index (κ2) is 7.45. The van der Waals surface area contributed by atoms with Gasteiger partial charge in [0.05, 0.1) is 25.4 Å². The Bertz CT molecular complexity index is 715. The Hall–Kier alpha value is -2.05. The Balaban J connectivity index is 1.39. The number of nitrogens with zero attached hydrogens (tertiary/aromatic N) is 1. The summed E-state index contributed by atoms with van der Waals surface area (Å²) in [5.74, 6) is 1.42. The molecule has 1 N–H and O–H groups in total. The fraction of sp³-hybridized carbons (Fsp3) is 0.421. The van der Waals surface area contributed by atoms with Gasteiger partial charge in [0, 0.05) is 6.54 Å². The van der Waals surface area contributed by atoms with Crippen molar-refractivity contribution in [3.63, 3.8) is 0 Å². The van der Waals surface area contributed by atoms with Gasteiger partial charge in [0.2, 0.25) is 0 Å². The van der Waals surface area contributed by atoms with Crippen molar-refractivity contribution in [2.75, 3.05) is 31.6 Å². The molecule has 1 aliphatic carbocycles. The van der Waals surface area contributed by atoms with Gasteiger partial charge in [0.25, 0.3) is 0 Å². The van der Waals surface area contributed by atoms with E-state index in [-0.39, 0.29) is 12.1 Å². The molecule has 1 unspecified atom stereocenters. The molecule has 0 bridgehead atoms. The van der Waals surface area contributed by atoms with E-state index in [4.69, 9.17) is 9.47 Å². The maximum Gasteiger partial charge on any atom is 0.322 e. The lowest BCUT2D eigenvalue weighted by Gasteiger charge is -2.32. The van der Waals surface area contributed by atoms with Crippen molar-refractivity contribution in [2.24, 2.45) is 5.92 Å². The van der Waals surface area contributed by atoms with E-state index in [9.17, 15) is 4.79 Å². The fourth-order valence-corrected chi connectivity index (χ4v) is 3.58. The molecule has 2 aliphatic rings.